The van der Waals surface area contributed by atoms with E-state index in [0.717, 1.165) is 0 Å². The van der Waals surface area contributed by atoms with Crippen molar-refractivity contribution in [1.82, 2.24) is 0 Å². The van der Waals surface area contributed by atoms with Gasteiger partial charge in [0.2, 0.25) is 5.91 Å². The molecule has 110 valence electrons. The highest BCUT2D eigenvalue weighted by Gasteiger charge is 2.06. The van der Waals surface area contributed by atoms with Gasteiger partial charge in [-0.05, 0) is 30.3 Å². The number of hydrogen-bond acceptors (Lipinski definition) is 3. The summed E-state index contributed by atoms with van der Waals surface area (Å²) in [7, 11) is 1.38. The molecule has 0 aromatic heterocycles. The number of hydrogen-bond donors (Lipinski definition) is 2. The van der Waals surface area contributed by atoms with Crippen LogP contribution in [0.15, 0.2) is 42.5 Å². The van der Waals surface area contributed by atoms with E-state index in [1.807, 2.05) is 0 Å². The summed E-state index contributed by atoms with van der Waals surface area (Å²) in [6, 6.07) is 11.2. The molecule has 0 bridgehead atoms. The van der Waals surface area contributed by atoms with Gasteiger partial charge in [0, 0.05) is 22.5 Å². The van der Waals surface area contributed by atoms with Gasteiger partial charge in [-0.3, -0.25) is 4.79 Å². The highest BCUT2D eigenvalue weighted by Crippen LogP contribution is 2.21. The summed E-state index contributed by atoms with van der Waals surface area (Å²) in [6.07, 6.45) is 0. The SMILES string of the molecule is COc1cc(NCC(=O)Nc2cccc(Cl)c2)ccc1F. The Hall–Kier alpha value is -2.27. The summed E-state index contributed by atoms with van der Waals surface area (Å²) in [4.78, 5) is 11.8. The second-order valence-electron chi connectivity index (χ2n) is 4.26. The van der Waals surface area contributed by atoms with Crippen molar-refractivity contribution in [2.24, 2.45) is 0 Å². The van der Waals surface area contributed by atoms with Gasteiger partial charge in [-0.25, -0.2) is 4.39 Å². The summed E-state index contributed by atoms with van der Waals surface area (Å²) in [6.45, 7) is 0.0430. The zero-order valence-electron chi connectivity index (χ0n) is 11.3. The van der Waals surface area contributed by atoms with Gasteiger partial charge in [0.1, 0.15) is 0 Å². The molecule has 2 N–H and O–H groups in total. The summed E-state index contributed by atoms with van der Waals surface area (Å²) in [5.74, 6) is -0.567. The smallest absolute Gasteiger partial charge is 0.243 e. The summed E-state index contributed by atoms with van der Waals surface area (Å²) in [5.41, 5.74) is 1.21. The molecule has 0 aliphatic rings. The van der Waals surface area contributed by atoms with Gasteiger partial charge in [0.05, 0.1) is 13.7 Å². The Balaban J connectivity index is 1.92. The fourth-order valence-corrected chi connectivity index (χ4v) is 1.91. The molecule has 21 heavy (non-hydrogen) atoms. The van der Waals surface area contributed by atoms with Gasteiger partial charge in [0.15, 0.2) is 11.6 Å². The quantitative estimate of drug-likeness (QED) is 0.888. The van der Waals surface area contributed by atoms with E-state index in [4.69, 9.17) is 16.3 Å². The molecule has 6 heteroatoms. The van der Waals surface area contributed by atoms with Crippen LogP contribution in [0.25, 0.3) is 0 Å². The molecule has 0 unspecified atom stereocenters. The number of methoxy groups -OCH3 is 1. The van der Waals surface area contributed by atoms with Gasteiger partial charge in [-0.1, -0.05) is 17.7 Å². The van der Waals surface area contributed by atoms with Crippen LogP contribution >= 0.6 is 11.6 Å². The number of halogens is 2. The van der Waals surface area contributed by atoms with Crippen molar-refractivity contribution in [2.75, 3.05) is 24.3 Å². The monoisotopic (exact) mass is 308 g/mol. The molecule has 0 radical (unpaired) electrons. The maximum atomic E-state index is 13.2. The highest BCUT2D eigenvalue weighted by atomic mass is 35.5. The lowest BCUT2D eigenvalue weighted by atomic mass is 10.3. The van der Waals surface area contributed by atoms with E-state index in [2.05, 4.69) is 10.6 Å². The van der Waals surface area contributed by atoms with Crippen molar-refractivity contribution in [3.8, 4) is 5.75 Å². The van der Waals surface area contributed by atoms with Crippen molar-refractivity contribution in [3.05, 3.63) is 53.3 Å². The fourth-order valence-electron chi connectivity index (χ4n) is 1.72. The van der Waals surface area contributed by atoms with Crippen molar-refractivity contribution in [2.45, 2.75) is 0 Å². The Morgan fingerprint density at radius 3 is 2.76 bits per heavy atom. The van der Waals surface area contributed by atoms with E-state index in [1.165, 1.54) is 25.3 Å². The first-order chi connectivity index (χ1) is 10.1. The Morgan fingerprint density at radius 2 is 2.05 bits per heavy atom. The third-order valence-corrected chi connectivity index (χ3v) is 2.95. The lowest BCUT2D eigenvalue weighted by Crippen LogP contribution is -2.21. The molecule has 0 spiro atoms. The predicted molar refractivity (Wildman–Crippen MR) is 81.5 cm³/mol. The average Bonchev–Trinajstić information content (AvgIpc) is 2.46. The Labute approximate surface area is 126 Å². The van der Waals surface area contributed by atoms with Crippen LogP contribution in [-0.4, -0.2) is 19.6 Å². The number of rotatable bonds is 5. The van der Waals surface area contributed by atoms with Crippen molar-refractivity contribution >= 4 is 28.9 Å². The van der Waals surface area contributed by atoms with Crippen LogP contribution in [0, 0.1) is 5.82 Å². The Kier molecular flexibility index (Phi) is 5.00. The Morgan fingerprint density at radius 1 is 1.24 bits per heavy atom. The van der Waals surface area contributed by atoms with Gasteiger partial charge in [-0.15, -0.1) is 0 Å². The minimum atomic E-state index is -0.452. The number of benzene rings is 2. The van der Waals surface area contributed by atoms with Crippen LogP contribution in [-0.2, 0) is 4.79 Å². The van der Waals surface area contributed by atoms with Crippen LogP contribution in [0.2, 0.25) is 5.02 Å². The molecular weight excluding hydrogens is 295 g/mol. The minimum absolute atomic E-state index is 0.0430. The van der Waals surface area contributed by atoms with Crippen LogP contribution < -0.4 is 15.4 Å². The first-order valence-electron chi connectivity index (χ1n) is 6.21. The van der Waals surface area contributed by atoms with Crippen LogP contribution in [0.1, 0.15) is 0 Å². The summed E-state index contributed by atoms with van der Waals surface area (Å²) in [5, 5.41) is 6.14. The fraction of sp³-hybridized carbons (Fsp3) is 0.133. The second-order valence-corrected chi connectivity index (χ2v) is 4.70. The predicted octanol–water partition coefficient (Wildman–Crippen LogP) is 3.54. The number of ether oxygens (including phenoxy) is 1. The van der Waals surface area contributed by atoms with Gasteiger partial charge in [-0.2, -0.15) is 0 Å². The molecule has 2 rings (SSSR count). The molecule has 0 aliphatic carbocycles. The maximum Gasteiger partial charge on any atom is 0.243 e. The van der Waals surface area contributed by atoms with Crippen LogP contribution in [0.5, 0.6) is 5.75 Å². The third kappa shape index (κ3) is 4.36. The molecule has 0 heterocycles. The Bertz CT molecular complexity index is 649. The van der Waals surface area contributed by atoms with E-state index in [0.29, 0.717) is 16.4 Å². The van der Waals surface area contributed by atoms with E-state index in [9.17, 15) is 9.18 Å². The van der Waals surface area contributed by atoms with Crippen molar-refractivity contribution in [1.29, 1.82) is 0 Å². The molecule has 1 amide bonds. The number of carbonyl (C=O) groups excluding carboxylic acids is 1. The largest absolute Gasteiger partial charge is 0.494 e. The molecule has 0 fully saturated rings. The number of carbonyl (C=O) groups is 1. The van der Waals surface area contributed by atoms with E-state index in [1.54, 1.807) is 24.3 Å². The average molecular weight is 309 g/mol. The highest BCUT2D eigenvalue weighted by molar-refractivity contribution is 6.30. The van der Waals surface area contributed by atoms with Crippen molar-refractivity contribution in [3.63, 3.8) is 0 Å². The summed E-state index contributed by atoms with van der Waals surface area (Å²) >= 11 is 5.83. The molecule has 4 nitrogen and oxygen atoms in total. The second kappa shape index (κ2) is 6.95. The molecule has 0 atom stereocenters. The van der Waals surface area contributed by atoms with E-state index in [-0.39, 0.29) is 18.2 Å². The number of nitrogens with one attached hydrogen (secondary N) is 2. The molecule has 2 aromatic rings. The number of anilines is 2. The van der Waals surface area contributed by atoms with Gasteiger partial charge in [0.25, 0.3) is 0 Å². The standard InChI is InChI=1S/C15H14ClFN2O2/c1-21-14-8-11(5-6-13(14)17)18-9-15(20)19-12-4-2-3-10(16)7-12/h2-8,18H,9H2,1H3,(H,19,20). The van der Waals surface area contributed by atoms with Crippen molar-refractivity contribution < 1.29 is 13.9 Å². The normalized spacial score (nSPS) is 10.0. The topological polar surface area (TPSA) is 50.4 Å². The molecule has 2 aromatic carbocycles. The van der Waals surface area contributed by atoms with E-state index < -0.39 is 5.82 Å². The zero-order chi connectivity index (χ0) is 15.2. The van der Waals surface area contributed by atoms with E-state index >= 15 is 0 Å². The zero-order valence-corrected chi connectivity index (χ0v) is 12.1. The number of amides is 1. The first-order valence-corrected chi connectivity index (χ1v) is 6.59. The third-order valence-electron chi connectivity index (χ3n) is 2.71. The molecule has 0 aliphatic heterocycles. The minimum Gasteiger partial charge on any atom is -0.494 e. The van der Waals surface area contributed by atoms with Gasteiger partial charge < -0.3 is 15.4 Å². The lowest BCUT2D eigenvalue weighted by molar-refractivity contribution is -0.114. The first kappa shape index (κ1) is 15.1. The van der Waals surface area contributed by atoms with Crippen LogP contribution in [0.4, 0.5) is 15.8 Å². The van der Waals surface area contributed by atoms with Gasteiger partial charge >= 0.3 is 0 Å². The lowest BCUT2D eigenvalue weighted by Gasteiger charge is -2.09. The molecular formula is C15H14ClFN2O2. The summed E-state index contributed by atoms with van der Waals surface area (Å²) < 4.78 is 18.1. The molecule has 0 saturated heterocycles. The van der Waals surface area contributed by atoms with Crippen LogP contribution in [0.3, 0.4) is 0 Å². The maximum absolute atomic E-state index is 13.2. The molecule has 0 saturated carbocycles.